The second kappa shape index (κ2) is 24.2. The lowest BCUT2D eigenvalue weighted by Gasteiger charge is -2.63. The maximum absolute atomic E-state index is 10.5. The Bertz CT molecular complexity index is 2810. The number of aliphatic hydroxyl groups is 1. The molecule has 540 valence electrons. The second-order valence-electron chi connectivity index (χ2n) is 41.3. The molecule has 12 aliphatic carbocycles. The standard InChI is InChI=1S/2C30H52O3Si.C24H38O3/c2*1-11-19-12-13-21-24-22(15-17-29(19,21)7)30(8)16-14-20(33-34(9,10)27(2,3)4)18-23(30)25-26(24)32-28(5,6)31-25;1-6-14-7-8-16-19-17(10-12-23(14,16)4)24(5)11-9-15(25)13-18(24)20-21(19)27-22(2,3)26-20/h2*11,20-26H,12-18H2,1-10H3;6,15-21,25H,7-13H2,1-5H3/b19-11+;19-11-;14-6+/t2*20-,21?,22?,23?,24?,25-,26-,29-,30-;15-,16?,17?,18?,19?,20-,21-,23-,24-/m111/s1. The summed E-state index contributed by atoms with van der Waals surface area (Å²) in [6.07, 6.45) is 35.3. The first-order valence-corrected chi connectivity index (χ1v) is 45.8. The van der Waals surface area contributed by atoms with E-state index in [1.165, 1.54) is 103 Å². The molecule has 27 atom stereocenters. The molecule has 0 aromatic carbocycles. The molecule has 0 bridgehead atoms. The Morgan fingerprint density at radius 1 is 0.358 bits per heavy atom. The molecule has 9 nitrogen and oxygen atoms in total. The van der Waals surface area contributed by atoms with Gasteiger partial charge in [-0.1, -0.05) is 118 Å². The van der Waals surface area contributed by atoms with Crippen LogP contribution in [0.1, 0.15) is 280 Å². The number of fused-ring (bicyclic) bond motifs is 24. The third kappa shape index (κ3) is 11.7. The van der Waals surface area contributed by atoms with Crippen molar-refractivity contribution in [2.24, 2.45) is 104 Å². The first-order valence-electron chi connectivity index (χ1n) is 40.0. The lowest BCUT2D eigenvalue weighted by molar-refractivity contribution is -0.182. The van der Waals surface area contributed by atoms with Crippen LogP contribution in [-0.2, 0) is 37.3 Å². The molecular weight excluding hydrogens is 1210 g/mol. The van der Waals surface area contributed by atoms with E-state index in [-0.39, 0.29) is 58.2 Å². The Morgan fingerprint density at radius 2 is 0.632 bits per heavy atom. The van der Waals surface area contributed by atoms with Gasteiger partial charge in [0.25, 0.3) is 0 Å². The summed E-state index contributed by atoms with van der Waals surface area (Å²) in [6.45, 7) is 58.9. The Balaban J connectivity index is 0.000000130. The molecule has 12 saturated carbocycles. The third-order valence-electron chi connectivity index (χ3n) is 33.6. The van der Waals surface area contributed by atoms with E-state index in [2.05, 4.69) is 190 Å². The van der Waals surface area contributed by atoms with Crippen LogP contribution in [0.4, 0.5) is 0 Å². The van der Waals surface area contributed by atoms with Crippen molar-refractivity contribution in [3.05, 3.63) is 34.9 Å². The van der Waals surface area contributed by atoms with Gasteiger partial charge in [-0.05, 0) is 337 Å². The smallest absolute Gasteiger partial charge is 0.192 e. The van der Waals surface area contributed by atoms with Crippen LogP contribution in [-0.4, -0.2) is 94.0 Å². The van der Waals surface area contributed by atoms with E-state index in [1.54, 1.807) is 16.7 Å². The molecule has 0 amide bonds. The molecule has 15 rings (SSSR count). The lowest BCUT2D eigenvalue weighted by atomic mass is 9.43. The maximum Gasteiger partial charge on any atom is 0.192 e. The minimum atomic E-state index is -1.79. The summed E-state index contributed by atoms with van der Waals surface area (Å²) in [7, 11) is -3.57. The van der Waals surface area contributed by atoms with Gasteiger partial charge in [-0.25, -0.2) is 0 Å². The van der Waals surface area contributed by atoms with Gasteiger partial charge in [0.15, 0.2) is 34.0 Å². The maximum atomic E-state index is 10.5. The van der Waals surface area contributed by atoms with Gasteiger partial charge in [0.1, 0.15) is 0 Å². The summed E-state index contributed by atoms with van der Waals surface area (Å²) < 4.78 is 54.6. The van der Waals surface area contributed by atoms with Crippen molar-refractivity contribution < 1.29 is 42.4 Å². The minimum absolute atomic E-state index is 0.151. The fraction of sp³-hybridized carbons (Fsp3) is 0.929. The summed E-state index contributed by atoms with van der Waals surface area (Å²) in [4.78, 5) is 0. The SMILES string of the molecule is C/C=C1/CCC2C3C(CC[C@]12C)[C@@]1(C)CC[C@@H](O[Si](C)(C)C(C)(C)C)CC1[C@H]1OC(C)(C)O[C@H]31.C/C=C1\CCC2C3C(CC[C@]12C)[C@@]1(C)CC[C@@H](O)CC1[C@H]1OC(C)(C)O[C@H]31.C/C=C1\CCC2C3C(CC[C@]12C)[C@@]1(C)CC[C@@H](O[Si](C)(C)C(C)(C)C)CC1[C@H]1OC(C)(C)O[C@H]31. The molecule has 0 spiro atoms. The largest absolute Gasteiger partial charge is 0.414 e. The van der Waals surface area contributed by atoms with Gasteiger partial charge in [0, 0.05) is 12.2 Å². The van der Waals surface area contributed by atoms with Crippen LogP contribution < -0.4 is 0 Å². The average Bonchev–Trinajstić information content (AvgIpc) is 1.68. The van der Waals surface area contributed by atoms with Gasteiger partial charge in [-0.2, -0.15) is 0 Å². The van der Waals surface area contributed by atoms with Gasteiger partial charge in [-0.15, -0.1) is 0 Å². The zero-order valence-corrected chi connectivity index (χ0v) is 67.4. The molecule has 0 aromatic rings. The fourth-order valence-electron chi connectivity index (χ4n) is 26.8. The molecule has 15 aliphatic rings. The van der Waals surface area contributed by atoms with E-state index in [0.29, 0.717) is 80.7 Å². The van der Waals surface area contributed by atoms with Gasteiger partial charge in [0.2, 0.25) is 0 Å². The number of aliphatic hydroxyl groups excluding tert-OH is 1. The summed E-state index contributed by atoms with van der Waals surface area (Å²) in [5, 5.41) is 11.0. The van der Waals surface area contributed by atoms with Crippen molar-refractivity contribution in [2.45, 2.75) is 389 Å². The Labute approximate surface area is 583 Å². The first kappa shape index (κ1) is 72.6. The highest BCUT2D eigenvalue weighted by Gasteiger charge is 2.72. The predicted molar refractivity (Wildman–Crippen MR) is 390 cm³/mol. The molecule has 0 aromatic heterocycles. The zero-order chi connectivity index (χ0) is 69.0. The number of allylic oxidation sites excluding steroid dienone is 6. The van der Waals surface area contributed by atoms with Crippen molar-refractivity contribution in [1.82, 2.24) is 0 Å². The van der Waals surface area contributed by atoms with Crippen LogP contribution in [0.3, 0.4) is 0 Å². The van der Waals surface area contributed by atoms with Crippen LogP contribution in [0.15, 0.2) is 34.9 Å². The van der Waals surface area contributed by atoms with Crippen LogP contribution in [0.25, 0.3) is 0 Å². The monoisotopic (exact) mass is 1350 g/mol. The van der Waals surface area contributed by atoms with E-state index in [4.69, 9.17) is 37.3 Å². The van der Waals surface area contributed by atoms with Crippen LogP contribution in [0.5, 0.6) is 0 Å². The molecule has 0 radical (unpaired) electrons. The second-order valence-corrected chi connectivity index (χ2v) is 50.8. The van der Waals surface area contributed by atoms with Crippen molar-refractivity contribution in [3.63, 3.8) is 0 Å². The van der Waals surface area contributed by atoms with Gasteiger partial charge >= 0.3 is 0 Å². The summed E-state index contributed by atoms with van der Waals surface area (Å²) in [6, 6.07) is 0. The Hall–Kier alpha value is -0.706. The zero-order valence-electron chi connectivity index (χ0n) is 65.4. The van der Waals surface area contributed by atoms with E-state index < -0.39 is 34.0 Å². The quantitative estimate of drug-likeness (QED) is 0.218. The van der Waals surface area contributed by atoms with E-state index in [1.807, 2.05) is 0 Å². The Kier molecular flexibility index (Phi) is 18.5. The van der Waals surface area contributed by atoms with E-state index >= 15 is 0 Å². The van der Waals surface area contributed by atoms with E-state index in [0.717, 1.165) is 61.7 Å². The summed E-state index contributed by atoms with van der Waals surface area (Å²) in [5.41, 5.74) is 7.15. The topological polar surface area (TPSA) is 94.1 Å². The normalized spacial score (nSPS) is 51.7. The number of ether oxygens (including phenoxy) is 6. The molecular formula is C84H142O9Si2. The molecule has 95 heavy (non-hydrogen) atoms. The highest BCUT2D eigenvalue weighted by atomic mass is 28.4. The molecule has 1 N–H and O–H groups in total. The highest BCUT2D eigenvalue weighted by Crippen LogP contribution is 2.74. The van der Waals surface area contributed by atoms with Crippen molar-refractivity contribution in [2.75, 3.05) is 0 Å². The van der Waals surface area contributed by atoms with Gasteiger partial charge < -0.3 is 42.4 Å². The molecule has 3 aliphatic heterocycles. The predicted octanol–water partition coefficient (Wildman–Crippen LogP) is 21.3. The molecule has 11 heteroatoms. The van der Waals surface area contributed by atoms with Crippen LogP contribution in [0, 0.1) is 104 Å². The van der Waals surface area contributed by atoms with Crippen molar-refractivity contribution in [1.29, 1.82) is 0 Å². The van der Waals surface area contributed by atoms with Crippen molar-refractivity contribution in [3.8, 4) is 0 Å². The molecule has 12 unspecified atom stereocenters. The van der Waals surface area contributed by atoms with Gasteiger partial charge in [0.05, 0.1) is 42.7 Å². The summed E-state index contributed by atoms with van der Waals surface area (Å²) >= 11 is 0. The highest BCUT2D eigenvalue weighted by molar-refractivity contribution is 6.74. The molecule has 3 heterocycles. The fourth-order valence-corrected chi connectivity index (χ4v) is 29.6. The molecule has 15 fully saturated rings. The van der Waals surface area contributed by atoms with Crippen LogP contribution >= 0.6 is 0 Å². The number of hydrogen-bond acceptors (Lipinski definition) is 9. The third-order valence-corrected chi connectivity index (χ3v) is 42.7. The first-order chi connectivity index (χ1) is 44.0. The van der Waals surface area contributed by atoms with Gasteiger partial charge in [-0.3, -0.25) is 0 Å². The molecule has 3 saturated heterocycles. The van der Waals surface area contributed by atoms with E-state index in [9.17, 15) is 5.11 Å². The Morgan fingerprint density at radius 3 is 0.916 bits per heavy atom. The lowest BCUT2D eigenvalue weighted by Crippen LogP contribution is -2.63. The average molecular weight is 1350 g/mol. The van der Waals surface area contributed by atoms with Crippen molar-refractivity contribution >= 4 is 16.6 Å². The van der Waals surface area contributed by atoms with Crippen LogP contribution in [0.2, 0.25) is 36.3 Å². The number of hydrogen-bond donors (Lipinski definition) is 1. The number of rotatable bonds is 4. The summed E-state index contributed by atoms with van der Waals surface area (Å²) in [5.74, 6) is 6.31. The minimum Gasteiger partial charge on any atom is -0.414 e.